The summed E-state index contributed by atoms with van der Waals surface area (Å²) >= 11 is 0. The highest BCUT2D eigenvalue weighted by atomic mass is 13.9. The molecule has 0 saturated carbocycles. The molecule has 1 aliphatic rings. The van der Waals surface area contributed by atoms with Crippen LogP contribution in [0.3, 0.4) is 0 Å². The summed E-state index contributed by atoms with van der Waals surface area (Å²) in [6.45, 7) is 12.8. The molecular weight excluding hydrogens is 192 g/mol. The van der Waals surface area contributed by atoms with Gasteiger partial charge in [0.2, 0.25) is 0 Å². The van der Waals surface area contributed by atoms with E-state index >= 15 is 0 Å². The van der Waals surface area contributed by atoms with Crippen LogP contribution in [-0.4, -0.2) is 0 Å². The van der Waals surface area contributed by atoms with Gasteiger partial charge in [-0.05, 0) is 32.6 Å². The van der Waals surface area contributed by atoms with Crippen molar-refractivity contribution < 1.29 is 0 Å². The first-order valence-electron chi connectivity index (χ1n) is 6.54. The van der Waals surface area contributed by atoms with E-state index in [2.05, 4.69) is 65.0 Å². The van der Waals surface area contributed by atoms with Crippen LogP contribution in [-0.2, 0) is 0 Å². The number of rotatable bonds is 1. The molecule has 0 aromatic carbocycles. The van der Waals surface area contributed by atoms with Gasteiger partial charge in [-0.15, -0.1) is 0 Å². The summed E-state index contributed by atoms with van der Waals surface area (Å²) in [4.78, 5) is 0. The second kappa shape index (κ2) is 14.2. The first-order chi connectivity index (χ1) is 7.58. The fourth-order valence-electron chi connectivity index (χ4n) is 1.13. The van der Waals surface area contributed by atoms with Crippen LogP contribution in [0.15, 0.2) is 36.0 Å². The Bertz CT molecular complexity index is 204. The predicted octanol–water partition coefficient (Wildman–Crippen LogP) is 5.92. The minimum absolute atomic E-state index is 0.718. The monoisotopic (exact) mass is 222 g/mol. The van der Waals surface area contributed by atoms with Crippen LogP contribution < -0.4 is 0 Å². The molecule has 0 unspecified atom stereocenters. The molecule has 0 aromatic heterocycles. The van der Waals surface area contributed by atoms with E-state index in [4.69, 9.17) is 0 Å². The van der Waals surface area contributed by atoms with Gasteiger partial charge in [-0.1, -0.05) is 70.1 Å². The molecule has 0 atom stereocenters. The van der Waals surface area contributed by atoms with Gasteiger partial charge in [0.05, 0.1) is 0 Å². The first-order valence-corrected chi connectivity index (χ1v) is 6.54. The smallest absolute Gasteiger partial charge is 0.0291 e. The Morgan fingerprint density at radius 3 is 1.94 bits per heavy atom. The lowest BCUT2D eigenvalue weighted by Crippen LogP contribution is -1.76. The Labute approximate surface area is 103 Å². The molecular formula is C16H30. The second-order valence-electron chi connectivity index (χ2n) is 4.40. The topological polar surface area (TPSA) is 0 Å². The zero-order valence-electron chi connectivity index (χ0n) is 12.1. The predicted molar refractivity (Wildman–Crippen MR) is 77.7 cm³/mol. The average molecular weight is 222 g/mol. The molecule has 16 heavy (non-hydrogen) atoms. The third-order valence-corrected chi connectivity index (χ3v) is 1.76. The number of allylic oxidation sites excluding steroid dienone is 6. The molecule has 1 rings (SSSR count). The summed E-state index contributed by atoms with van der Waals surface area (Å²) < 4.78 is 0. The van der Waals surface area contributed by atoms with E-state index in [1.807, 2.05) is 6.92 Å². The van der Waals surface area contributed by atoms with E-state index < -0.39 is 0 Å². The normalized spacial score (nSPS) is 13.8. The summed E-state index contributed by atoms with van der Waals surface area (Å²) in [5.41, 5.74) is 1.41. The Morgan fingerprint density at radius 2 is 1.81 bits per heavy atom. The standard InChI is InChI=1S/C7H10.C6H12.C3H8/c1-7-5-3-2-4-6-7;1-4-5-6(2)3;1-3-2/h3,5-6H,2,4H2,1H3;4-6H,1-3H3;3H2,1-2H3/b;5-4-;. The van der Waals surface area contributed by atoms with Gasteiger partial charge < -0.3 is 0 Å². The van der Waals surface area contributed by atoms with Crippen LogP contribution >= 0.6 is 0 Å². The summed E-state index contributed by atoms with van der Waals surface area (Å²) in [5, 5.41) is 0. The average Bonchev–Trinajstić information content (AvgIpc) is 2.20. The van der Waals surface area contributed by atoms with E-state index in [0.29, 0.717) is 0 Å². The molecule has 0 spiro atoms. The SMILES string of the molecule is C/C=C\C(C)C.CC1=CCCC=C1.CCC. The van der Waals surface area contributed by atoms with Crippen LogP contribution in [0.25, 0.3) is 0 Å². The Balaban J connectivity index is 0. The molecule has 0 bridgehead atoms. The van der Waals surface area contributed by atoms with Crippen molar-refractivity contribution in [2.45, 2.75) is 60.8 Å². The van der Waals surface area contributed by atoms with Crippen LogP contribution in [0.1, 0.15) is 60.8 Å². The highest BCUT2D eigenvalue weighted by Crippen LogP contribution is 2.06. The zero-order valence-corrected chi connectivity index (χ0v) is 12.1. The van der Waals surface area contributed by atoms with Crippen molar-refractivity contribution in [3.8, 4) is 0 Å². The minimum atomic E-state index is 0.718. The molecule has 0 aromatic rings. The van der Waals surface area contributed by atoms with E-state index in [1.54, 1.807) is 0 Å². The fraction of sp³-hybridized carbons (Fsp3) is 0.625. The lowest BCUT2D eigenvalue weighted by atomic mass is 10.1. The zero-order chi connectivity index (χ0) is 12.8. The Kier molecular flexibility index (Phi) is 15.7. The molecule has 0 nitrogen and oxygen atoms in total. The summed E-state index contributed by atoms with van der Waals surface area (Å²) in [6.07, 6.45) is 14.6. The Morgan fingerprint density at radius 1 is 1.25 bits per heavy atom. The molecule has 0 fully saturated rings. The lowest BCUT2D eigenvalue weighted by Gasteiger charge is -1.96. The van der Waals surface area contributed by atoms with Gasteiger partial charge in [0.25, 0.3) is 0 Å². The van der Waals surface area contributed by atoms with Gasteiger partial charge >= 0.3 is 0 Å². The largest absolute Gasteiger partial charge is 0.0914 e. The van der Waals surface area contributed by atoms with Crippen molar-refractivity contribution in [1.82, 2.24) is 0 Å². The Hall–Kier alpha value is -0.780. The van der Waals surface area contributed by atoms with Gasteiger partial charge in [0, 0.05) is 0 Å². The summed E-state index contributed by atoms with van der Waals surface area (Å²) in [6, 6.07) is 0. The second-order valence-corrected chi connectivity index (χ2v) is 4.40. The van der Waals surface area contributed by atoms with Gasteiger partial charge in [-0.3, -0.25) is 0 Å². The molecule has 0 heteroatoms. The van der Waals surface area contributed by atoms with Crippen LogP contribution in [0.2, 0.25) is 0 Å². The third-order valence-electron chi connectivity index (χ3n) is 1.76. The van der Waals surface area contributed by atoms with Crippen molar-refractivity contribution in [2.24, 2.45) is 5.92 Å². The molecule has 0 amide bonds. The number of hydrogen-bond donors (Lipinski definition) is 0. The molecule has 0 N–H and O–H groups in total. The van der Waals surface area contributed by atoms with E-state index in [0.717, 1.165) is 5.92 Å². The third kappa shape index (κ3) is 18.9. The summed E-state index contributed by atoms with van der Waals surface area (Å²) in [7, 11) is 0. The van der Waals surface area contributed by atoms with Gasteiger partial charge in [-0.2, -0.15) is 0 Å². The molecule has 0 saturated heterocycles. The van der Waals surface area contributed by atoms with Crippen LogP contribution in [0, 0.1) is 5.92 Å². The molecule has 0 radical (unpaired) electrons. The maximum Gasteiger partial charge on any atom is -0.0291 e. The number of hydrogen-bond acceptors (Lipinski definition) is 0. The van der Waals surface area contributed by atoms with E-state index in [9.17, 15) is 0 Å². The lowest BCUT2D eigenvalue weighted by molar-refractivity contribution is 0.830. The molecule has 0 heterocycles. The van der Waals surface area contributed by atoms with E-state index in [1.165, 1.54) is 24.8 Å². The van der Waals surface area contributed by atoms with Crippen LogP contribution in [0.5, 0.6) is 0 Å². The van der Waals surface area contributed by atoms with Crippen molar-refractivity contribution in [3.05, 3.63) is 36.0 Å². The summed E-state index contributed by atoms with van der Waals surface area (Å²) in [5.74, 6) is 0.718. The minimum Gasteiger partial charge on any atom is -0.0914 e. The quantitative estimate of drug-likeness (QED) is 0.483. The first kappa shape index (κ1) is 17.6. The molecule has 1 aliphatic carbocycles. The van der Waals surface area contributed by atoms with Gasteiger partial charge in [0.1, 0.15) is 0 Å². The molecule has 94 valence electrons. The highest BCUT2D eigenvalue weighted by molar-refractivity contribution is 5.19. The van der Waals surface area contributed by atoms with Crippen molar-refractivity contribution >= 4 is 0 Å². The van der Waals surface area contributed by atoms with Crippen molar-refractivity contribution in [1.29, 1.82) is 0 Å². The van der Waals surface area contributed by atoms with Crippen molar-refractivity contribution in [2.75, 3.05) is 0 Å². The van der Waals surface area contributed by atoms with Gasteiger partial charge in [0.15, 0.2) is 0 Å². The highest BCUT2D eigenvalue weighted by Gasteiger charge is 1.86. The fourth-order valence-corrected chi connectivity index (χ4v) is 1.13. The van der Waals surface area contributed by atoms with E-state index in [-0.39, 0.29) is 0 Å². The van der Waals surface area contributed by atoms with Gasteiger partial charge in [-0.25, -0.2) is 0 Å². The maximum atomic E-state index is 2.26. The maximum absolute atomic E-state index is 2.26. The molecule has 0 aliphatic heterocycles. The van der Waals surface area contributed by atoms with Crippen molar-refractivity contribution in [3.63, 3.8) is 0 Å². The van der Waals surface area contributed by atoms with Crippen LogP contribution in [0.4, 0.5) is 0 Å².